The van der Waals surface area contributed by atoms with E-state index in [2.05, 4.69) is 9.46 Å². The van der Waals surface area contributed by atoms with Gasteiger partial charge in [0.15, 0.2) is 11.5 Å². The Balaban J connectivity index is 1.84. The molecule has 0 aliphatic carbocycles. The third-order valence-electron chi connectivity index (χ3n) is 3.52. The predicted octanol–water partition coefficient (Wildman–Crippen LogP) is 2.30. The molecule has 1 aromatic heterocycles. The van der Waals surface area contributed by atoms with Gasteiger partial charge < -0.3 is 14.2 Å². The molecule has 0 bridgehead atoms. The SMILES string of the molecule is COC(=O)c1sccc1S(=O)(=O)NC(C)c1ccc2c(c1)OCO2. The number of carbonyl (C=O) groups is 1. The largest absolute Gasteiger partial charge is 0.465 e. The molecule has 1 atom stereocenters. The van der Waals surface area contributed by atoms with E-state index in [4.69, 9.17) is 9.47 Å². The number of hydrogen-bond acceptors (Lipinski definition) is 7. The van der Waals surface area contributed by atoms with Gasteiger partial charge in [-0.05, 0) is 36.1 Å². The Hall–Kier alpha value is -2.10. The predicted molar refractivity (Wildman–Crippen MR) is 87.0 cm³/mol. The van der Waals surface area contributed by atoms with Crippen LogP contribution in [-0.4, -0.2) is 28.3 Å². The second kappa shape index (κ2) is 6.42. The van der Waals surface area contributed by atoms with E-state index in [9.17, 15) is 13.2 Å². The summed E-state index contributed by atoms with van der Waals surface area (Å²) in [4.78, 5) is 11.6. The zero-order chi connectivity index (χ0) is 17.3. The molecule has 0 radical (unpaired) electrons. The molecule has 9 heteroatoms. The van der Waals surface area contributed by atoms with Gasteiger partial charge in [0.25, 0.3) is 0 Å². The van der Waals surface area contributed by atoms with Crippen LogP contribution in [0, 0.1) is 0 Å². The molecule has 1 aliphatic rings. The summed E-state index contributed by atoms with van der Waals surface area (Å²) < 4.78 is 42.9. The highest BCUT2D eigenvalue weighted by Crippen LogP contribution is 2.34. The Morgan fingerprint density at radius 2 is 2.04 bits per heavy atom. The van der Waals surface area contributed by atoms with Crippen LogP contribution in [-0.2, 0) is 14.8 Å². The minimum absolute atomic E-state index is 0.0443. The van der Waals surface area contributed by atoms with Gasteiger partial charge in [-0.1, -0.05) is 6.07 Å². The molecule has 1 aromatic carbocycles. The van der Waals surface area contributed by atoms with E-state index in [1.807, 2.05) is 0 Å². The van der Waals surface area contributed by atoms with Crippen molar-refractivity contribution in [3.63, 3.8) is 0 Å². The Morgan fingerprint density at radius 1 is 1.29 bits per heavy atom. The van der Waals surface area contributed by atoms with E-state index in [-0.39, 0.29) is 16.6 Å². The Kier molecular flexibility index (Phi) is 4.48. The smallest absolute Gasteiger partial charge is 0.349 e. The van der Waals surface area contributed by atoms with E-state index < -0.39 is 22.0 Å². The maximum absolute atomic E-state index is 12.6. The summed E-state index contributed by atoms with van der Waals surface area (Å²) in [6, 6.07) is 6.08. The monoisotopic (exact) mass is 369 g/mol. The first kappa shape index (κ1) is 16.7. The fourth-order valence-electron chi connectivity index (χ4n) is 2.30. The summed E-state index contributed by atoms with van der Waals surface area (Å²) in [6.07, 6.45) is 0. The van der Waals surface area contributed by atoms with E-state index in [1.165, 1.54) is 18.6 Å². The van der Waals surface area contributed by atoms with Crippen molar-refractivity contribution in [3.05, 3.63) is 40.1 Å². The van der Waals surface area contributed by atoms with Crippen molar-refractivity contribution < 1.29 is 27.4 Å². The first-order valence-corrected chi connectivity index (χ1v) is 9.36. The summed E-state index contributed by atoms with van der Waals surface area (Å²) in [6.45, 7) is 1.86. The molecule has 1 unspecified atom stereocenters. The lowest BCUT2D eigenvalue weighted by molar-refractivity contribution is 0.0602. The summed E-state index contributed by atoms with van der Waals surface area (Å²) in [5, 5.41) is 1.53. The first-order chi connectivity index (χ1) is 11.4. The Morgan fingerprint density at radius 3 is 2.79 bits per heavy atom. The normalized spacial score (nSPS) is 14.4. The van der Waals surface area contributed by atoms with E-state index in [1.54, 1.807) is 25.1 Å². The van der Waals surface area contributed by atoms with E-state index in [0.29, 0.717) is 11.5 Å². The van der Waals surface area contributed by atoms with Gasteiger partial charge in [0.1, 0.15) is 9.77 Å². The molecule has 1 aliphatic heterocycles. The standard InChI is InChI=1S/C15H15NO6S2/c1-9(10-3-4-11-12(7-10)22-8-21-11)16-24(18,19)13-5-6-23-14(13)15(17)20-2/h3-7,9,16H,8H2,1-2H3. The Bertz CT molecular complexity index is 874. The van der Waals surface area contributed by atoms with Crippen LogP contribution in [0.4, 0.5) is 0 Å². The van der Waals surface area contributed by atoms with Crippen molar-refractivity contribution in [2.45, 2.75) is 17.9 Å². The highest BCUT2D eigenvalue weighted by atomic mass is 32.2. The average molecular weight is 369 g/mol. The van der Waals surface area contributed by atoms with Gasteiger partial charge in [-0.3, -0.25) is 0 Å². The second-order valence-corrected chi connectivity index (χ2v) is 7.66. The minimum atomic E-state index is -3.88. The van der Waals surface area contributed by atoms with Crippen LogP contribution in [0.25, 0.3) is 0 Å². The number of fused-ring (bicyclic) bond motifs is 1. The number of ether oxygens (including phenoxy) is 3. The fraction of sp³-hybridized carbons (Fsp3) is 0.267. The third kappa shape index (κ3) is 3.10. The van der Waals surface area contributed by atoms with Crippen LogP contribution in [0.1, 0.15) is 28.2 Å². The molecule has 128 valence electrons. The first-order valence-electron chi connectivity index (χ1n) is 7.00. The number of esters is 1. The molecular formula is C15H15NO6S2. The number of nitrogens with one attached hydrogen (secondary N) is 1. The molecule has 0 amide bonds. The molecule has 1 N–H and O–H groups in total. The number of hydrogen-bond donors (Lipinski definition) is 1. The molecule has 2 aromatic rings. The van der Waals surface area contributed by atoms with Gasteiger partial charge in [-0.15, -0.1) is 11.3 Å². The topological polar surface area (TPSA) is 90.9 Å². The maximum atomic E-state index is 12.6. The zero-order valence-electron chi connectivity index (χ0n) is 12.9. The van der Waals surface area contributed by atoms with Gasteiger partial charge >= 0.3 is 5.97 Å². The number of thiophene rings is 1. The summed E-state index contributed by atoms with van der Waals surface area (Å²) in [5.74, 6) is 0.519. The summed E-state index contributed by atoms with van der Waals surface area (Å²) >= 11 is 1.02. The maximum Gasteiger partial charge on any atom is 0.349 e. The quantitative estimate of drug-likeness (QED) is 0.813. The molecule has 3 rings (SSSR count). The van der Waals surface area contributed by atoms with Gasteiger partial charge in [-0.2, -0.15) is 0 Å². The van der Waals surface area contributed by atoms with Crippen molar-refractivity contribution in [1.82, 2.24) is 4.72 Å². The molecule has 0 fully saturated rings. The van der Waals surface area contributed by atoms with Crippen LogP contribution in [0.3, 0.4) is 0 Å². The van der Waals surface area contributed by atoms with Crippen LogP contribution in [0.5, 0.6) is 11.5 Å². The Labute approximate surface area is 143 Å². The van der Waals surface area contributed by atoms with Gasteiger partial charge in [0.2, 0.25) is 16.8 Å². The van der Waals surface area contributed by atoms with Crippen molar-refractivity contribution in [3.8, 4) is 11.5 Å². The lowest BCUT2D eigenvalue weighted by Crippen LogP contribution is -2.27. The van der Waals surface area contributed by atoms with Crippen molar-refractivity contribution in [2.24, 2.45) is 0 Å². The zero-order valence-corrected chi connectivity index (χ0v) is 14.6. The highest BCUT2D eigenvalue weighted by Gasteiger charge is 2.27. The van der Waals surface area contributed by atoms with E-state index >= 15 is 0 Å². The fourth-order valence-corrected chi connectivity index (χ4v) is 4.86. The highest BCUT2D eigenvalue weighted by molar-refractivity contribution is 7.89. The van der Waals surface area contributed by atoms with Gasteiger partial charge in [-0.25, -0.2) is 17.9 Å². The van der Waals surface area contributed by atoms with Crippen LogP contribution in [0.2, 0.25) is 0 Å². The lowest BCUT2D eigenvalue weighted by atomic mass is 10.1. The van der Waals surface area contributed by atoms with Crippen molar-refractivity contribution >= 4 is 27.3 Å². The molecule has 0 saturated heterocycles. The molecule has 0 spiro atoms. The molecule has 24 heavy (non-hydrogen) atoms. The third-order valence-corrected chi connectivity index (χ3v) is 6.12. The van der Waals surface area contributed by atoms with Crippen molar-refractivity contribution in [2.75, 3.05) is 13.9 Å². The van der Waals surface area contributed by atoms with Gasteiger partial charge in [0.05, 0.1) is 7.11 Å². The van der Waals surface area contributed by atoms with Crippen LogP contribution < -0.4 is 14.2 Å². The van der Waals surface area contributed by atoms with Gasteiger partial charge in [0, 0.05) is 6.04 Å². The van der Waals surface area contributed by atoms with Crippen LogP contribution >= 0.6 is 11.3 Å². The van der Waals surface area contributed by atoms with E-state index in [0.717, 1.165) is 16.9 Å². The lowest BCUT2D eigenvalue weighted by Gasteiger charge is -2.15. The summed E-state index contributed by atoms with van der Waals surface area (Å²) in [5.41, 5.74) is 0.720. The molecule has 2 heterocycles. The molecule has 7 nitrogen and oxygen atoms in total. The average Bonchev–Trinajstić information content (AvgIpc) is 3.22. The minimum Gasteiger partial charge on any atom is -0.465 e. The molecular weight excluding hydrogens is 354 g/mol. The summed E-state index contributed by atoms with van der Waals surface area (Å²) in [7, 11) is -2.67. The number of benzene rings is 1. The number of carbonyl (C=O) groups excluding carboxylic acids is 1. The van der Waals surface area contributed by atoms with Crippen molar-refractivity contribution in [1.29, 1.82) is 0 Å². The second-order valence-electron chi connectivity index (χ2n) is 5.06. The van der Waals surface area contributed by atoms with Crippen LogP contribution in [0.15, 0.2) is 34.5 Å². The number of rotatable bonds is 5. The number of methoxy groups -OCH3 is 1. The molecule has 0 saturated carbocycles. The number of sulfonamides is 1.